The molecule has 0 spiro atoms. The summed E-state index contributed by atoms with van der Waals surface area (Å²) >= 11 is 0. The van der Waals surface area contributed by atoms with Gasteiger partial charge in [0, 0.05) is 24.5 Å². The van der Waals surface area contributed by atoms with Gasteiger partial charge in [-0.3, -0.25) is 9.59 Å². The van der Waals surface area contributed by atoms with Crippen molar-refractivity contribution in [3.8, 4) is 0 Å². The fourth-order valence-electron chi connectivity index (χ4n) is 1.71. The van der Waals surface area contributed by atoms with Crippen molar-refractivity contribution >= 4 is 23.3 Å². The van der Waals surface area contributed by atoms with Crippen LogP contribution in [0.4, 0.5) is 11.4 Å². The van der Waals surface area contributed by atoms with Crippen molar-refractivity contribution in [1.82, 2.24) is 0 Å². The molecule has 0 bridgehead atoms. The number of nitrogens with two attached hydrogens (primary N) is 1. The molecule has 0 aliphatic carbocycles. The SMILES string of the molecule is COC(=O)CCN(CCC(=O)OC)c1ccc(N)cc1. The Morgan fingerprint density at radius 1 is 1.00 bits per heavy atom. The average Bonchev–Trinajstić information content (AvgIpc) is 2.47. The van der Waals surface area contributed by atoms with Crippen LogP contribution in [-0.4, -0.2) is 39.2 Å². The minimum Gasteiger partial charge on any atom is -0.469 e. The fraction of sp³-hybridized carbons (Fsp3) is 0.429. The maximum absolute atomic E-state index is 11.2. The monoisotopic (exact) mass is 280 g/mol. The minimum absolute atomic E-state index is 0.252. The molecule has 6 heteroatoms. The molecule has 0 saturated heterocycles. The predicted molar refractivity (Wildman–Crippen MR) is 76.3 cm³/mol. The summed E-state index contributed by atoms with van der Waals surface area (Å²) in [4.78, 5) is 24.4. The summed E-state index contributed by atoms with van der Waals surface area (Å²) in [7, 11) is 2.70. The summed E-state index contributed by atoms with van der Waals surface area (Å²) < 4.78 is 9.25. The number of carbonyl (C=O) groups is 2. The normalized spacial score (nSPS) is 9.90. The van der Waals surface area contributed by atoms with Gasteiger partial charge in [-0.1, -0.05) is 0 Å². The van der Waals surface area contributed by atoms with Crippen LogP contribution < -0.4 is 10.6 Å². The van der Waals surface area contributed by atoms with E-state index in [4.69, 9.17) is 5.73 Å². The lowest BCUT2D eigenvalue weighted by Crippen LogP contribution is -2.29. The van der Waals surface area contributed by atoms with Crippen molar-refractivity contribution in [2.45, 2.75) is 12.8 Å². The van der Waals surface area contributed by atoms with E-state index in [-0.39, 0.29) is 24.8 Å². The van der Waals surface area contributed by atoms with Crippen molar-refractivity contribution in [2.75, 3.05) is 37.9 Å². The molecular weight excluding hydrogens is 260 g/mol. The molecule has 0 fully saturated rings. The average molecular weight is 280 g/mol. The second-order valence-electron chi connectivity index (χ2n) is 4.23. The van der Waals surface area contributed by atoms with Crippen LogP contribution in [0.1, 0.15) is 12.8 Å². The summed E-state index contributed by atoms with van der Waals surface area (Å²) in [5, 5.41) is 0. The first-order chi connectivity index (χ1) is 9.56. The molecule has 0 unspecified atom stereocenters. The number of nitrogen functional groups attached to an aromatic ring is 1. The number of esters is 2. The maximum Gasteiger partial charge on any atom is 0.307 e. The molecule has 0 heterocycles. The highest BCUT2D eigenvalue weighted by atomic mass is 16.5. The lowest BCUT2D eigenvalue weighted by atomic mass is 10.2. The van der Waals surface area contributed by atoms with E-state index in [0.717, 1.165) is 5.69 Å². The highest BCUT2D eigenvalue weighted by molar-refractivity contribution is 5.71. The highest BCUT2D eigenvalue weighted by Crippen LogP contribution is 2.17. The van der Waals surface area contributed by atoms with Crippen LogP contribution >= 0.6 is 0 Å². The molecule has 0 radical (unpaired) electrons. The van der Waals surface area contributed by atoms with E-state index in [1.807, 2.05) is 17.0 Å². The smallest absolute Gasteiger partial charge is 0.307 e. The topological polar surface area (TPSA) is 81.9 Å². The Morgan fingerprint density at radius 2 is 1.45 bits per heavy atom. The first-order valence-corrected chi connectivity index (χ1v) is 6.31. The summed E-state index contributed by atoms with van der Waals surface area (Å²) in [6.07, 6.45) is 0.504. The number of methoxy groups -OCH3 is 2. The van der Waals surface area contributed by atoms with Gasteiger partial charge in [0.25, 0.3) is 0 Å². The number of anilines is 2. The number of hydrogen-bond acceptors (Lipinski definition) is 6. The predicted octanol–water partition coefficient (Wildman–Crippen LogP) is 1.20. The number of ether oxygens (including phenoxy) is 2. The Bertz CT molecular complexity index is 425. The Hall–Kier alpha value is -2.24. The van der Waals surface area contributed by atoms with Crippen LogP contribution in [0.15, 0.2) is 24.3 Å². The zero-order valence-electron chi connectivity index (χ0n) is 11.8. The first kappa shape index (κ1) is 15.8. The van der Waals surface area contributed by atoms with E-state index in [9.17, 15) is 9.59 Å². The van der Waals surface area contributed by atoms with Crippen molar-refractivity contribution < 1.29 is 19.1 Å². The van der Waals surface area contributed by atoms with Gasteiger partial charge in [-0.05, 0) is 24.3 Å². The van der Waals surface area contributed by atoms with Crippen molar-refractivity contribution in [2.24, 2.45) is 0 Å². The lowest BCUT2D eigenvalue weighted by molar-refractivity contribution is -0.140. The Labute approximate surface area is 118 Å². The molecule has 0 aromatic heterocycles. The van der Waals surface area contributed by atoms with Crippen LogP contribution in [-0.2, 0) is 19.1 Å². The summed E-state index contributed by atoms with van der Waals surface area (Å²) in [5.41, 5.74) is 7.20. The van der Waals surface area contributed by atoms with Crippen molar-refractivity contribution in [3.63, 3.8) is 0 Å². The molecule has 0 amide bonds. The van der Waals surface area contributed by atoms with Gasteiger partial charge in [0.05, 0.1) is 27.1 Å². The largest absolute Gasteiger partial charge is 0.469 e. The van der Waals surface area contributed by atoms with Gasteiger partial charge in [-0.15, -0.1) is 0 Å². The van der Waals surface area contributed by atoms with Crippen LogP contribution in [0.2, 0.25) is 0 Å². The molecule has 0 atom stereocenters. The third kappa shape index (κ3) is 5.17. The van der Waals surface area contributed by atoms with Crippen molar-refractivity contribution in [3.05, 3.63) is 24.3 Å². The van der Waals surface area contributed by atoms with E-state index in [2.05, 4.69) is 9.47 Å². The Balaban J connectivity index is 2.69. The zero-order valence-corrected chi connectivity index (χ0v) is 11.8. The number of rotatable bonds is 7. The van der Waals surface area contributed by atoms with Crippen LogP contribution in [0.25, 0.3) is 0 Å². The maximum atomic E-state index is 11.2. The van der Waals surface area contributed by atoms with Crippen LogP contribution in [0.5, 0.6) is 0 Å². The molecule has 110 valence electrons. The van der Waals surface area contributed by atoms with Gasteiger partial charge in [0.15, 0.2) is 0 Å². The summed E-state index contributed by atoms with van der Waals surface area (Å²) in [6.45, 7) is 0.932. The van der Waals surface area contributed by atoms with Gasteiger partial charge in [-0.2, -0.15) is 0 Å². The quantitative estimate of drug-likeness (QED) is 0.597. The van der Waals surface area contributed by atoms with Gasteiger partial charge in [0.1, 0.15) is 0 Å². The van der Waals surface area contributed by atoms with E-state index >= 15 is 0 Å². The molecule has 1 aromatic carbocycles. The third-order valence-corrected chi connectivity index (χ3v) is 2.89. The first-order valence-electron chi connectivity index (χ1n) is 6.31. The number of benzene rings is 1. The second kappa shape index (κ2) is 8.04. The number of hydrogen-bond donors (Lipinski definition) is 1. The van der Waals surface area contributed by atoms with Gasteiger partial charge < -0.3 is 20.1 Å². The molecule has 20 heavy (non-hydrogen) atoms. The van der Waals surface area contributed by atoms with Crippen LogP contribution in [0.3, 0.4) is 0 Å². The summed E-state index contributed by atoms with van der Waals surface area (Å²) in [5.74, 6) is -0.577. The molecule has 1 aromatic rings. The van der Waals surface area contributed by atoms with Crippen LogP contribution in [0, 0.1) is 0 Å². The zero-order chi connectivity index (χ0) is 15.0. The van der Waals surface area contributed by atoms with Crippen molar-refractivity contribution in [1.29, 1.82) is 0 Å². The van der Waals surface area contributed by atoms with Gasteiger partial charge in [0.2, 0.25) is 0 Å². The third-order valence-electron chi connectivity index (χ3n) is 2.89. The molecule has 0 saturated carbocycles. The molecule has 2 N–H and O–H groups in total. The Morgan fingerprint density at radius 3 is 1.85 bits per heavy atom. The number of carbonyl (C=O) groups excluding carboxylic acids is 2. The molecule has 1 rings (SSSR count). The van der Waals surface area contributed by atoms with E-state index < -0.39 is 0 Å². The molecule has 6 nitrogen and oxygen atoms in total. The summed E-state index contributed by atoms with van der Waals surface area (Å²) in [6, 6.07) is 7.25. The van der Waals surface area contributed by atoms with E-state index in [0.29, 0.717) is 18.8 Å². The molecule has 0 aliphatic rings. The second-order valence-corrected chi connectivity index (χ2v) is 4.23. The van der Waals surface area contributed by atoms with Gasteiger partial charge >= 0.3 is 11.9 Å². The minimum atomic E-state index is -0.288. The molecule has 0 aliphatic heterocycles. The highest BCUT2D eigenvalue weighted by Gasteiger charge is 2.11. The Kier molecular flexibility index (Phi) is 6.36. The fourth-order valence-corrected chi connectivity index (χ4v) is 1.71. The van der Waals surface area contributed by atoms with E-state index in [1.54, 1.807) is 12.1 Å². The van der Waals surface area contributed by atoms with E-state index in [1.165, 1.54) is 14.2 Å². The standard InChI is InChI=1S/C14H20N2O4/c1-19-13(17)7-9-16(10-8-14(18)20-2)12-5-3-11(15)4-6-12/h3-6H,7-10,15H2,1-2H3. The lowest BCUT2D eigenvalue weighted by Gasteiger charge is -2.24. The van der Waals surface area contributed by atoms with Gasteiger partial charge in [-0.25, -0.2) is 0 Å². The number of nitrogens with zero attached hydrogens (tertiary/aromatic N) is 1. The molecular formula is C14H20N2O4.